The molecular formula is C19H15ClN2OS. The number of hydrogen-bond donors (Lipinski definition) is 0. The van der Waals surface area contributed by atoms with E-state index in [0.717, 1.165) is 21.3 Å². The summed E-state index contributed by atoms with van der Waals surface area (Å²) in [6.45, 7) is 4.21. The molecule has 3 nitrogen and oxygen atoms in total. The molecule has 1 heterocycles. The zero-order valence-electron chi connectivity index (χ0n) is 13.3. The molecule has 24 heavy (non-hydrogen) atoms. The Balaban J connectivity index is 2.19. The second-order valence-electron chi connectivity index (χ2n) is 5.50. The number of benzene rings is 2. The minimum Gasteiger partial charge on any atom is -0.303 e. The average Bonchev–Trinajstić information content (AvgIpc) is 2.86. The van der Waals surface area contributed by atoms with E-state index in [1.54, 1.807) is 6.07 Å². The van der Waals surface area contributed by atoms with Gasteiger partial charge in [-0.15, -0.1) is 6.42 Å². The number of halogens is 1. The molecule has 120 valence electrons. The fraction of sp³-hybridized carbons (Fsp3) is 0.158. The summed E-state index contributed by atoms with van der Waals surface area (Å²) >= 11 is 7.70. The molecule has 0 spiro atoms. The topological polar surface area (TPSA) is 34.4 Å². The number of terminal acetylenes is 1. The lowest BCUT2D eigenvalue weighted by atomic mass is 10.1. The van der Waals surface area contributed by atoms with Gasteiger partial charge in [-0.25, -0.2) is 0 Å². The second kappa shape index (κ2) is 6.64. The van der Waals surface area contributed by atoms with Crippen molar-refractivity contribution in [2.75, 3.05) is 0 Å². The van der Waals surface area contributed by atoms with Crippen molar-refractivity contribution >= 4 is 39.1 Å². The highest BCUT2D eigenvalue weighted by atomic mass is 35.5. The van der Waals surface area contributed by atoms with E-state index in [4.69, 9.17) is 18.0 Å². The Morgan fingerprint density at radius 3 is 2.83 bits per heavy atom. The minimum absolute atomic E-state index is 0.277. The third kappa shape index (κ3) is 3.01. The quantitative estimate of drug-likeness (QED) is 0.630. The van der Waals surface area contributed by atoms with Gasteiger partial charge in [0.1, 0.15) is 0 Å². The summed E-state index contributed by atoms with van der Waals surface area (Å²) in [5.74, 6) is 2.32. The number of aryl methyl sites for hydroxylation is 2. The van der Waals surface area contributed by atoms with E-state index >= 15 is 0 Å². The van der Waals surface area contributed by atoms with E-state index in [1.807, 2.05) is 48.7 Å². The van der Waals surface area contributed by atoms with Gasteiger partial charge in [-0.05, 0) is 37.6 Å². The van der Waals surface area contributed by atoms with E-state index in [1.165, 1.54) is 11.3 Å². The summed E-state index contributed by atoms with van der Waals surface area (Å²) in [5, 5.41) is 0.597. The first kappa shape index (κ1) is 16.5. The Labute approximate surface area is 149 Å². The first-order chi connectivity index (χ1) is 11.5. The molecule has 0 radical (unpaired) electrons. The van der Waals surface area contributed by atoms with Gasteiger partial charge < -0.3 is 4.57 Å². The molecule has 0 aliphatic carbocycles. The van der Waals surface area contributed by atoms with E-state index in [-0.39, 0.29) is 5.91 Å². The van der Waals surface area contributed by atoms with Crippen molar-refractivity contribution in [3.8, 4) is 12.3 Å². The van der Waals surface area contributed by atoms with Crippen LogP contribution in [-0.2, 0) is 6.54 Å². The molecule has 5 heteroatoms. The van der Waals surface area contributed by atoms with Crippen LogP contribution < -0.4 is 4.80 Å². The standard InChI is InChI=1S/C19H15ClN2OS/c1-4-10-22-17-15(20)6-5-7-16(17)24-19(22)21-18(23)14-9-8-12(2)11-13(14)3/h1,5-9,11H,10H2,2-3H3. The highest BCUT2D eigenvalue weighted by molar-refractivity contribution is 7.16. The maximum Gasteiger partial charge on any atom is 0.279 e. The van der Waals surface area contributed by atoms with Crippen LogP contribution in [0.3, 0.4) is 0 Å². The number of carbonyl (C=O) groups is 1. The number of aromatic nitrogens is 1. The van der Waals surface area contributed by atoms with E-state index < -0.39 is 0 Å². The van der Waals surface area contributed by atoms with Crippen LogP contribution in [-0.4, -0.2) is 10.5 Å². The third-order valence-electron chi connectivity index (χ3n) is 3.71. The highest BCUT2D eigenvalue weighted by Gasteiger charge is 2.12. The number of para-hydroxylation sites is 1. The van der Waals surface area contributed by atoms with Crippen LogP contribution in [0.15, 0.2) is 41.4 Å². The van der Waals surface area contributed by atoms with E-state index in [9.17, 15) is 4.79 Å². The van der Waals surface area contributed by atoms with Gasteiger partial charge in [-0.1, -0.05) is 52.6 Å². The van der Waals surface area contributed by atoms with Gasteiger partial charge >= 0.3 is 0 Å². The van der Waals surface area contributed by atoms with Crippen LogP contribution in [0.2, 0.25) is 5.02 Å². The van der Waals surface area contributed by atoms with Crippen molar-refractivity contribution in [2.45, 2.75) is 20.4 Å². The molecule has 1 amide bonds. The fourth-order valence-electron chi connectivity index (χ4n) is 2.61. The molecule has 0 aliphatic heterocycles. The summed E-state index contributed by atoms with van der Waals surface area (Å²) in [5.41, 5.74) is 3.43. The van der Waals surface area contributed by atoms with Crippen LogP contribution in [0.5, 0.6) is 0 Å². The Morgan fingerprint density at radius 2 is 2.12 bits per heavy atom. The number of fused-ring (bicyclic) bond motifs is 1. The lowest BCUT2D eigenvalue weighted by molar-refractivity contribution is 0.0997. The fourth-order valence-corrected chi connectivity index (χ4v) is 4.00. The van der Waals surface area contributed by atoms with Crippen molar-refractivity contribution in [3.05, 3.63) is 62.9 Å². The molecule has 0 fully saturated rings. The summed E-state index contributed by atoms with van der Waals surface area (Å²) in [4.78, 5) is 17.5. The minimum atomic E-state index is -0.277. The van der Waals surface area contributed by atoms with E-state index in [2.05, 4.69) is 10.9 Å². The number of nitrogens with zero attached hydrogens (tertiary/aromatic N) is 2. The highest BCUT2D eigenvalue weighted by Crippen LogP contribution is 2.25. The molecule has 1 aromatic heterocycles. The van der Waals surface area contributed by atoms with Gasteiger partial charge in [-0.2, -0.15) is 4.99 Å². The molecule has 0 unspecified atom stereocenters. The van der Waals surface area contributed by atoms with Crippen molar-refractivity contribution in [1.82, 2.24) is 4.57 Å². The first-order valence-corrected chi connectivity index (χ1v) is 8.58. The molecule has 3 rings (SSSR count). The summed E-state index contributed by atoms with van der Waals surface area (Å²) in [7, 11) is 0. The van der Waals surface area contributed by atoms with Crippen molar-refractivity contribution in [3.63, 3.8) is 0 Å². The first-order valence-electron chi connectivity index (χ1n) is 7.39. The number of hydrogen-bond acceptors (Lipinski definition) is 2. The molecule has 0 bridgehead atoms. The molecule has 0 N–H and O–H groups in total. The van der Waals surface area contributed by atoms with Gasteiger partial charge in [0, 0.05) is 5.56 Å². The van der Waals surface area contributed by atoms with Gasteiger partial charge in [0.05, 0.1) is 21.8 Å². The smallest absolute Gasteiger partial charge is 0.279 e. The zero-order chi connectivity index (χ0) is 17.3. The molecule has 0 saturated heterocycles. The maximum absolute atomic E-state index is 12.6. The van der Waals surface area contributed by atoms with Crippen LogP contribution in [0.25, 0.3) is 10.2 Å². The van der Waals surface area contributed by atoms with Crippen LogP contribution in [0.4, 0.5) is 0 Å². The largest absolute Gasteiger partial charge is 0.303 e. The molecule has 0 atom stereocenters. The SMILES string of the molecule is C#CCn1c(=NC(=O)c2ccc(C)cc2C)sc2cccc(Cl)c21. The van der Waals surface area contributed by atoms with Gasteiger partial charge in [0.2, 0.25) is 0 Å². The van der Waals surface area contributed by atoms with Crippen molar-refractivity contribution < 1.29 is 4.79 Å². The van der Waals surface area contributed by atoms with Gasteiger partial charge in [-0.3, -0.25) is 4.79 Å². The Kier molecular flexibility index (Phi) is 4.57. The molecule has 0 aliphatic rings. The van der Waals surface area contributed by atoms with Crippen molar-refractivity contribution in [1.29, 1.82) is 0 Å². The predicted octanol–water partition coefficient (Wildman–Crippen LogP) is 4.35. The normalized spacial score (nSPS) is 11.7. The lowest BCUT2D eigenvalue weighted by Gasteiger charge is -2.03. The lowest BCUT2D eigenvalue weighted by Crippen LogP contribution is -2.17. The van der Waals surface area contributed by atoms with Gasteiger partial charge in [0.15, 0.2) is 4.80 Å². The Morgan fingerprint density at radius 1 is 1.33 bits per heavy atom. The zero-order valence-corrected chi connectivity index (χ0v) is 14.9. The van der Waals surface area contributed by atoms with Crippen LogP contribution in [0.1, 0.15) is 21.5 Å². The van der Waals surface area contributed by atoms with Gasteiger partial charge in [0.25, 0.3) is 5.91 Å². The average molecular weight is 355 g/mol. The third-order valence-corrected chi connectivity index (χ3v) is 5.06. The number of rotatable bonds is 2. The maximum atomic E-state index is 12.6. The summed E-state index contributed by atoms with van der Waals surface area (Å²) in [6, 6.07) is 11.3. The monoisotopic (exact) mass is 354 g/mol. The number of thiazole rings is 1. The summed E-state index contributed by atoms with van der Waals surface area (Å²) in [6.07, 6.45) is 5.48. The molecule has 2 aromatic carbocycles. The molecular weight excluding hydrogens is 340 g/mol. The van der Waals surface area contributed by atoms with Crippen LogP contribution >= 0.6 is 22.9 Å². The number of amides is 1. The Bertz CT molecular complexity index is 1050. The predicted molar refractivity (Wildman–Crippen MR) is 99.5 cm³/mol. The summed E-state index contributed by atoms with van der Waals surface area (Å²) < 4.78 is 2.76. The van der Waals surface area contributed by atoms with E-state index in [0.29, 0.717) is 21.9 Å². The molecule has 0 saturated carbocycles. The van der Waals surface area contributed by atoms with Crippen molar-refractivity contribution in [2.24, 2.45) is 4.99 Å². The Hall–Kier alpha value is -2.35. The number of carbonyl (C=O) groups excluding carboxylic acids is 1. The second-order valence-corrected chi connectivity index (χ2v) is 6.91. The molecule has 3 aromatic rings. The van der Waals surface area contributed by atoms with Crippen LogP contribution in [0, 0.1) is 26.2 Å².